The van der Waals surface area contributed by atoms with Gasteiger partial charge in [0.15, 0.2) is 0 Å². The Balaban J connectivity index is 2.11. The average molecular weight is 323 g/mol. The van der Waals surface area contributed by atoms with Crippen molar-refractivity contribution in [3.63, 3.8) is 0 Å². The maximum atomic E-state index is 12.7. The van der Waals surface area contributed by atoms with Crippen LogP contribution in [0.1, 0.15) is 24.1 Å². The standard InChI is InChI=1S/C14H12F3N5O/c1-7-10(12(18)23)11(22-13(21-7)19-6-20-22)8-2-4-9(5-3-8)14(15,16)17/h2-6,11H,1H3,(H2,18,23)(H,19,20,21)/t11-/m0/s1. The zero-order valence-electron chi connectivity index (χ0n) is 11.9. The molecule has 120 valence electrons. The van der Waals surface area contributed by atoms with Crippen molar-refractivity contribution in [3.8, 4) is 0 Å². The molecule has 0 unspecified atom stereocenters. The number of hydrogen-bond donors (Lipinski definition) is 2. The van der Waals surface area contributed by atoms with E-state index in [1.54, 1.807) is 6.92 Å². The molecule has 1 aliphatic heterocycles. The van der Waals surface area contributed by atoms with E-state index in [0.29, 0.717) is 17.2 Å². The summed E-state index contributed by atoms with van der Waals surface area (Å²) in [5.41, 5.74) is 5.84. The minimum absolute atomic E-state index is 0.225. The zero-order chi connectivity index (χ0) is 16.8. The Hall–Kier alpha value is -2.84. The van der Waals surface area contributed by atoms with E-state index in [-0.39, 0.29) is 5.57 Å². The van der Waals surface area contributed by atoms with E-state index in [4.69, 9.17) is 5.73 Å². The molecule has 0 saturated heterocycles. The second-order valence-electron chi connectivity index (χ2n) is 5.08. The number of allylic oxidation sites excluding steroid dienone is 1. The number of primary amides is 1. The second-order valence-corrected chi connectivity index (χ2v) is 5.08. The number of carbonyl (C=O) groups is 1. The Bertz CT molecular complexity index is 791. The molecule has 1 aromatic carbocycles. The van der Waals surface area contributed by atoms with E-state index in [1.165, 1.54) is 23.1 Å². The topological polar surface area (TPSA) is 85.8 Å². The second kappa shape index (κ2) is 5.11. The molecule has 2 heterocycles. The molecule has 0 fully saturated rings. The number of amides is 1. The molecule has 1 atom stereocenters. The van der Waals surface area contributed by atoms with Crippen molar-refractivity contribution in [3.05, 3.63) is 53.0 Å². The summed E-state index contributed by atoms with van der Waals surface area (Å²) in [6, 6.07) is 3.80. The Morgan fingerprint density at radius 2 is 1.96 bits per heavy atom. The smallest absolute Gasteiger partial charge is 0.366 e. The van der Waals surface area contributed by atoms with E-state index < -0.39 is 23.7 Å². The van der Waals surface area contributed by atoms with E-state index in [2.05, 4.69) is 15.4 Å². The predicted molar refractivity (Wildman–Crippen MR) is 75.1 cm³/mol. The number of fused-ring (bicyclic) bond motifs is 1. The van der Waals surface area contributed by atoms with Crippen LogP contribution in [0, 0.1) is 0 Å². The van der Waals surface area contributed by atoms with E-state index >= 15 is 0 Å². The third-order valence-corrected chi connectivity index (χ3v) is 3.61. The van der Waals surface area contributed by atoms with Gasteiger partial charge < -0.3 is 11.1 Å². The van der Waals surface area contributed by atoms with Crippen LogP contribution in [0.4, 0.5) is 19.1 Å². The first-order chi connectivity index (χ1) is 10.8. The third-order valence-electron chi connectivity index (χ3n) is 3.61. The number of alkyl halides is 3. The molecule has 1 aliphatic rings. The van der Waals surface area contributed by atoms with Gasteiger partial charge in [0.2, 0.25) is 11.9 Å². The Kier molecular flexibility index (Phi) is 3.35. The minimum atomic E-state index is -4.43. The van der Waals surface area contributed by atoms with Crippen LogP contribution >= 0.6 is 0 Å². The van der Waals surface area contributed by atoms with Crippen molar-refractivity contribution in [2.45, 2.75) is 19.1 Å². The lowest BCUT2D eigenvalue weighted by atomic mass is 9.94. The fourth-order valence-electron chi connectivity index (χ4n) is 2.57. The van der Waals surface area contributed by atoms with Gasteiger partial charge in [0.25, 0.3) is 0 Å². The van der Waals surface area contributed by atoms with Gasteiger partial charge in [-0.15, -0.1) is 0 Å². The lowest BCUT2D eigenvalue weighted by molar-refractivity contribution is -0.137. The van der Waals surface area contributed by atoms with Gasteiger partial charge in [-0.1, -0.05) is 12.1 Å². The number of anilines is 1. The van der Waals surface area contributed by atoms with Gasteiger partial charge in [0.1, 0.15) is 12.4 Å². The highest BCUT2D eigenvalue weighted by molar-refractivity contribution is 5.95. The monoisotopic (exact) mass is 323 g/mol. The molecular weight excluding hydrogens is 311 g/mol. The molecule has 0 aliphatic carbocycles. The van der Waals surface area contributed by atoms with Crippen LogP contribution in [0.25, 0.3) is 0 Å². The molecule has 2 aromatic rings. The van der Waals surface area contributed by atoms with Gasteiger partial charge in [0, 0.05) is 5.70 Å². The molecule has 0 radical (unpaired) electrons. The summed E-state index contributed by atoms with van der Waals surface area (Å²) in [5.74, 6) is -0.293. The van der Waals surface area contributed by atoms with Crippen molar-refractivity contribution >= 4 is 11.9 Å². The predicted octanol–water partition coefficient (Wildman–Crippen LogP) is 2.07. The van der Waals surface area contributed by atoms with Crippen LogP contribution in [-0.2, 0) is 11.0 Å². The lowest BCUT2D eigenvalue weighted by Gasteiger charge is -2.27. The van der Waals surface area contributed by atoms with Crippen LogP contribution in [0.3, 0.4) is 0 Å². The highest BCUT2D eigenvalue weighted by atomic mass is 19.4. The van der Waals surface area contributed by atoms with Crippen molar-refractivity contribution in [1.82, 2.24) is 14.8 Å². The quantitative estimate of drug-likeness (QED) is 0.886. The van der Waals surface area contributed by atoms with Gasteiger partial charge in [-0.2, -0.15) is 23.3 Å². The number of aromatic nitrogens is 3. The first-order valence-electron chi connectivity index (χ1n) is 6.63. The molecule has 0 saturated carbocycles. The van der Waals surface area contributed by atoms with Crippen molar-refractivity contribution in [1.29, 1.82) is 0 Å². The largest absolute Gasteiger partial charge is 0.416 e. The van der Waals surface area contributed by atoms with Crippen LogP contribution in [-0.4, -0.2) is 20.7 Å². The molecule has 3 N–H and O–H groups in total. The van der Waals surface area contributed by atoms with Crippen molar-refractivity contribution < 1.29 is 18.0 Å². The number of nitrogens with one attached hydrogen (secondary N) is 1. The van der Waals surface area contributed by atoms with Gasteiger partial charge in [-0.3, -0.25) is 4.79 Å². The molecular formula is C14H12F3N5O. The maximum absolute atomic E-state index is 12.7. The minimum Gasteiger partial charge on any atom is -0.366 e. The molecule has 0 spiro atoms. The number of rotatable bonds is 2. The highest BCUT2D eigenvalue weighted by Gasteiger charge is 2.34. The van der Waals surface area contributed by atoms with E-state index in [9.17, 15) is 18.0 Å². The summed E-state index contributed by atoms with van der Waals surface area (Å²) in [4.78, 5) is 15.8. The number of nitrogens with zero attached hydrogens (tertiary/aromatic N) is 3. The molecule has 3 rings (SSSR count). The summed E-state index contributed by atoms with van der Waals surface area (Å²) >= 11 is 0. The van der Waals surface area contributed by atoms with Gasteiger partial charge in [0.05, 0.1) is 11.1 Å². The summed E-state index contributed by atoms with van der Waals surface area (Å²) in [6.45, 7) is 1.65. The molecule has 1 aromatic heterocycles. The number of benzene rings is 1. The fraction of sp³-hybridized carbons (Fsp3) is 0.214. The number of nitrogens with two attached hydrogens (primary N) is 1. The van der Waals surface area contributed by atoms with Gasteiger partial charge in [-0.05, 0) is 24.6 Å². The van der Waals surface area contributed by atoms with Crippen LogP contribution in [0.5, 0.6) is 0 Å². The first-order valence-corrected chi connectivity index (χ1v) is 6.63. The van der Waals surface area contributed by atoms with E-state index in [0.717, 1.165) is 12.1 Å². The average Bonchev–Trinajstić information content (AvgIpc) is 2.92. The summed E-state index contributed by atoms with van der Waals surface area (Å²) < 4.78 is 39.5. The summed E-state index contributed by atoms with van der Waals surface area (Å²) in [6.07, 6.45) is -3.14. The van der Waals surface area contributed by atoms with Crippen LogP contribution < -0.4 is 11.1 Å². The Morgan fingerprint density at radius 1 is 1.30 bits per heavy atom. The summed E-state index contributed by atoms with van der Waals surface area (Å²) in [5, 5.41) is 6.93. The molecule has 1 amide bonds. The van der Waals surface area contributed by atoms with Crippen molar-refractivity contribution in [2.24, 2.45) is 5.73 Å². The highest BCUT2D eigenvalue weighted by Crippen LogP contribution is 2.36. The number of carbonyl (C=O) groups excluding carboxylic acids is 1. The Morgan fingerprint density at radius 3 is 2.52 bits per heavy atom. The molecule has 0 bridgehead atoms. The maximum Gasteiger partial charge on any atom is 0.416 e. The molecule has 9 heteroatoms. The Labute approximate surface area is 128 Å². The zero-order valence-corrected chi connectivity index (χ0v) is 11.9. The normalized spacial score (nSPS) is 17.7. The van der Waals surface area contributed by atoms with Gasteiger partial charge in [-0.25, -0.2) is 4.68 Å². The number of hydrogen-bond acceptors (Lipinski definition) is 4. The lowest BCUT2D eigenvalue weighted by Crippen LogP contribution is -2.31. The van der Waals surface area contributed by atoms with Crippen LogP contribution in [0.2, 0.25) is 0 Å². The fourth-order valence-corrected chi connectivity index (χ4v) is 2.57. The SMILES string of the molecule is CC1=C(C(N)=O)[C@H](c2ccc(C(F)(F)F)cc2)n2ncnc2N1. The summed E-state index contributed by atoms with van der Waals surface area (Å²) in [7, 11) is 0. The van der Waals surface area contributed by atoms with E-state index in [1.807, 2.05) is 0 Å². The molecule has 23 heavy (non-hydrogen) atoms. The molecule has 6 nitrogen and oxygen atoms in total. The third kappa shape index (κ3) is 2.54. The van der Waals surface area contributed by atoms with Crippen molar-refractivity contribution in [2.75, 3.05) is 5.32 Å². The van der Waals surface area contributed by atoms with Gasteiger partial charge >= 0.3 is 6.18 Å². The first kappa shape index (κ1) is 15.1. The van der Waals surface area contributed by atoms with Crippen LogP contribution in [0.15, 0.2) is 41.9 Å². The number of halogens is 3.